The molecule has 0 amide bonds. The van der Waals surface area contributed by atoms with Gasteiger partial charge < -0.3 is 10.5 Å². The number of hydrogen-bond donors (Lipinski definition) is 1. The van der Waals surface area contributed by atoms with Crippen LogP contribution in [0.15, 0.2) is 54.6 Å². The number of likely N-dealkylation sites (tertiary alicyclic amines) is 1. The minimum absolute atomic E-state index is 0.184. The molecule has 142 valence electrons. The number of nitrogens with zero attached hydrogens (tertiary/aromatic N) is 2. The molecule has 1 fully saturated rings. The molecule has 1 atom stereocenters. The molecule has 4 aromatic rings. The third-order valence-electron chi connectivity index (χ3n) is 5.54. The Morgan fingerprint density at radius 2 is 2.04 bits per heavy atom. The van der Waals surface area contributed by atoms with Crippen molar-refractivity contribution in [2.75, 3.05) is 18.8 Å². The number of hydrogen-bond acceptors (Lipinski definition) is 5. The van der Waals surface area contributed by atoms with E-state index < -0.39 is 0 Å². The molecule has 1 saturated heterocycles. The monoisotopic (exact) mass is 389 g/mol. The Bertz CT molecular complexity index is 1150. The fourth-order valence-corrected chi connectivity index (χ4v) is 5.28. The van der Waals surface area contributed by atoms with Crippen molar-refractivity contribution in [3.8, 4) is 5.75 Å². The number of para-hydroxylation sites is 1. The van der Waals surface area contributed by atoms with Crippen molar-refractivity contribution in [2.24, 2.45) is 0 Å². The Balaban J connectivity index is 1.31. The van der Waals surface area contributed by atoms with E-state index in [1.54, 1.807) is 0 Å². The number of benzene rings is 2. The minimum atomic E-state index is 0.184. The lowest BCUT2D eigenvalue weighted by Crippen LogP contribution is -2.24. The van der Waals surface area contributed by atoms with Gasteiger partial charge in [-0.1, -0.05) is 30.3 Å². The molecule has 4 nitrogen and oxygen atoms in total. The number of aromatic nitrogens is 1. The van der Waals surface area contributed by atoms with E-state index in [4.69, 9.17) is 10.5 Å². The van der Waals surface area contributed by atoms with E-state index in [1.807, 2.05) is 41.7 Å². The van der Waals surface area contributed by atoms with Gasteiger partial charge in [0.15, 0.2) is 0 Å². The molecule has 2 N–H and O–H groups in total. The first-order valence-electron chi connectivity index (χ1n) is 9.68. The van der Waals surface area contributed by atoms with Crippen LogP contribution in [0.5, 0.6) is 5.75 Å². The number of fused-ring (bicyclic) bond motifs is 2. The number of thiophene rings is 1. The van der Waals surface area contributed by atoms with Crippen LogP contribution in [0.4, 0.5) is 5.82 Å². The molecule has 5 heteroatoms. The average Bonchev–Trinajstić information content (AvgIpc) is 3.27. The van der Waals surface area contributed by atoms with Crippen molar-refractivity contribution in [2.45, 2.75) is 26.0 Å². The van der Waals surface area contributed by atoms with Gasteiger partial charge in [0.25, 0.3) is 0 Å². The van der Waals surface area contributed by atoms with Gasteiger partial charge in [0, 0.05) is 34.6 Å². The predicted octanol–water partition coefficient (Wildman–Crippen LogP) is 4.99. The van der Waals surface area contributed by atoms with Crippen LogP contribution in [0.25, 0.3) is 21.0 Å². The predicted molar refractivity (Wildman–Crippen MR) is 117 cm³/mol. The van der Waals surface area contributed by atoms with Crippen LogP contribution >= 0.6 is 11.3 Å². The zero-order valence-corrected chi connectivity index (χ0v) is 16.7. The van der Waals surface area contributed by atoms with Gasteiger partial charge in [0.1, 0.15) is 23.2 Å². The lowest BCUT2D eigenvalue weighted by atomic mass is 10.1. The van der Waals surface area contributed by atoms with E-state index in [-0.39, 0.29) is 6.10 Å². The van der Waals surface area contributed by atoms with Crippen molar-refractivity contribution < 1.29 is 4.74 Å². The first kappa shape index (κ1) is 17.5. The summed E-state index contributed by atoms with van der Waals surface area (Å²) in [6.07, 6.45) is 1.21. The lowest BCUT2D eigenvalue weighted by Gasteiger charge is -2.17. The molecule has 2 aromatic heterocycles. The number of nitrogens with two attached hydrogens (primary N) is 1. The van der Waals surface area contributed by atoms with Gasteiger partial charge in [-0.15, -0.1) is 11.3 Å². The molecule has 0 saturated carbocycles. The maximum absolute atomic E-state index is 6.34. The molecule has 5 rings (SSSR count). The highest BCUT2D eigenvalue weighted by Crippen LogP contribution is 2.33. The van der Waals surface area contributed by atoms with Gasteiger partial charge >= 0.3 is 0 Å². The Kier molecular flexibility index (Phi) is 4.41. The zero-order chi connectivity index (χ0) is 19.1. The second-order valence-corrected chi connectivity index (χ2v) is 8.61. The molecule has 0 spiro atoms. The van der Waals surface area contributed by atoms with Crippen molar-refractivity contribution in [1.29, 1.82) is 0 Å². The molecular formula is C23H23N3OS. The molecule has 3 heterocycles. The lowest BCUT2D eigenvalue weighted by molar-refractivity contribution is 0.200. The maximum atomic E-state index is 6.34. The van der Waals surface area contributed by atoms with Gasteiger partial charge in [0.2, 0.25) is 0 Å². The third-order valence-corrected chi connectivity index (χ3v) is 6.79. The van der Waals surface area contributed by atoms with Crippen LogP contribution in [0, 0.1) is 6.92 Å². The molecule has 1 aliphatic heterocycles. The van der Waals surface area contributed by atoms with Gasteiger partial charge in [-0.05, 0) is 48.6 Å². The summed E-state index contributed by atoms with van der Waals surface area (Å²) in [6.45, 7) is 5.22. The normalized spacial score (nSPS) is 17.5. The Hall–Kier alpha value is -2.63. The number of ether oxygens (including phenoxy) is 1. The second-order valence-electron chi connectivity index (χ2n) is 7.47. The molecule has 1 aliphatic rings. The van der Waals surface area contributed by atoms with Crippen LogP contribution in [0.1, 0.15) is 16.9 Å². The molecular weight excluding hydrogens is 366 g/mol. The van der Waals surface area contributed by atoms with Crippen molar-refractivity contribution >= 4 is 38.1 Å². The Labute approximate surface area is 168 Å². The first-order valence-corrected chi connectivity index (χ1v) is 10.5. The highest BCUT2D eigenvalue weighted by atomic mass is 32.1. The van der Waals surface area contributed by atoms with E-state index in [1.165, 1.54) is 20.5 Å². The van der Waals surface area contributed by atoms with E-state index in [9.17, 15) is 0 Å². The molecule has 0 bridgehead atoms. The van der Waals surface area contributed by atoms with Gasteiger partial charge in [-0.25, -0.2) is 4.98 Å². The number of nitrogen functional groups attached to an aromatic ring is 1. The van der Waals surface area contributed by atoms with Gasteiger partial charge in [-0.3, -0.25) is 4.90 Å². The van der Waals surface area contributed by atoms with Crippen LogP contribution in [-0.2, 0) is 6.54 Å². The van der Waals surface area contributed by atoms with Crippen molar-refractivity contribution in [3.63, 3.8) is 0 Å². The topological polar surface area (TPSA) is 51.4 Å². The first-order chi connectivity index (χ1) is 13.7. The van der Waals surface area contributed by atoms with Gasteiger partial charge in [-0.2, -0.15) is 0 Å². The van der Waals surface area contributed by atoms with Crippen molar-refractivity contribution in [3.05, 3.63) is 65.0 Å². The summed E-state index contributed by atoms with van der Waals surface area (Å²) in [7, 11) is 0. The van der Waals surface area contributed by atoms with Crippen molar-refractivity contribution in [1.82, 2.24) is 9.88 Å². The number of anilines is 1. The van der Waals surface area contributed by atoms with Crippen LogP contribution in [0.3, 0.4) is 0 Å². The average molecular weight is 390 g/mol. The SMILES string of the molecule is Cc1c(CN2CC[C@H](Oc3cccc4ccc(N)nc34)C2)sc2ccccc12. The molecule has 0 radical (unpaired) electrons. The summed E-state index contributed by atoms with van der Waals surface area (Å²) in [5.41, 5.74) is 8.15. The fraction of sp³-hybridized carbons (Fsp3) is 0.261. The maximum Gasteiger partial charge on any atom is 0.146 e. The van der Waals surface area contributed by atoms with E-state index in [2.05, 4.69) is 41.1 Å². The minimum Gasteiger partial charge on any atom is -0.487 e. The summed E-state index contributed by atoms with van der Waals surface area (Å²) in [5, 5.41) is 2.44. The quantitative estimate of drug-likeness (QED) is 0.534. The molecule has 2 aromatic carbocycles. The van der Waals surface area contributed by atoms with E-state index in [0.29, 0.717) is 5.82 Å². The number of aryl methyl sites for hydroxylation is 1. The standard InChI is InChI=1S/C23H23N3OS/c1-15-18-6-2-3-8-20(18)28-21(15)14-26-12-11-17(13-26)27-19-7-4-5-16-9-10-22(24)25-23(16)19/h2-10,17H,11-14H2,1H3,(H2,24,25)/t17-/m0/s1. The van der Waals surface area contributed by atoms with E-state index >= 15 is 0 Å². The third kappa shape index (κ3) is 3.21. The van der Waals surface area contributed by atoms with Gasteiger partial charge in [0.05, 0.1) is 0 Å². The molecule has 28 heavy (non-hydrogen) atoms. The number of pyridine rings is 1. The van der Waals surface area contributed by atoms with Crippen LogP contribution in [0.2, 0.25) is 0 Å². The number of rotatable bonds is 4. The van der Waals surface area contributed by atoms with Crippen LogP contribution < -0.4 is 10.5 Å². The van der Waals surface area contributed by atoms with Crippen LogP contribution in [-0.4, -0.2) is 29.1 Å². The molecule has 0 unspecified atom stereocenters. The Morgan fingerprint density at radius 3 is 2.93 bits per heavy atom. The summed E-state index contributed by atoms with van der Waals surface area (Å²) in [5.74, 6) is 1.35. The fourth-order valence-electron chi connectivity index (χ4n) is 4.03. The second kappa shape index (κ2) is 7.08. The summed E-state index contributed by atoms with van der Waals surface area (Å²) >= 11 is 1.91. The summed E-state index contributed by atoms with van der Waals surface area (Å²) in [4.78, 5) is 8.44. The largest absolute Gasteiger partial charge is 0.487 e. The Morgan fingerprint density at radius 1 is 1.14 bits per heavy atom. The smallest absolute Gasteiger partial charge is 0.146 e. The zero-order valence-electron chi connectivity index (χ0n) is 15.9. The summed E-state index contributed by atoms with van der Waals surface area (Å²) in [6, 6.07) is 18.6. The summed E-state index contributed by atoms with van der Waals surface area (Å²) < 4.78 is 7.72. The molecule has 0 aliphatic carbocycles. The van der Waals surface area contributed by atoms with E-state index in [0.717, 1.165) is 42.7 Å². The highest BCUT2D eigenvalue weighted by molar-refractivity contribution is 7.19. The highest BCUT2D eigenvalue weighted by Gasteiger charge is 2.25.